The molecule has 1 fully saturated rings. The quantitative estimate of drug-likeness (QED) is 0.618. The van der Waals surface area contributed by atoms with E-state index in [1.807, 2.05) is 0 Å². The van der Waals surface area contributed by atoms with Crippen LogP contribution in [0.3, 0.4) is 0 Å². The van der Waals surface area contributed by atoms with Crippen molar-refractivity contribution in [3.63, 3.8) is 0 Å². The summed E-state index contributed by atoms with van der Waals surface area (Å²) in [5.41, 5.74) is 0.357. The maximum absolute atomic E-state index is 12.9. The van der Waals surface area contributed by atoms with Crippen LogP contribution in [0.25, 0.3) is 5.00 Å². The Labute approximate surface area is 124 Å². The third kappa shape index (κ3) is 2.58. The Morgan fingerprint density at radius 1 is 1.40 bits per heavy atom. The second kappa shape index (κ2) is 5.26. The summed E-state index contributed by atoms with van der Waals surface area (Å²) < 4.78 is 43.0. The average molecular weight is 417 g/mol. The number of nitrogens with zero attached hydrogens (tertiary/aromatic N) is 3. The minimum absolute atomic E-state index is 0.269. The summed E-state index contributed by atoms with van der Waals surface area (Å²) in [6, 6.07) is 1.30. The molecule has 3 heterocycles. The molecular formula is C11H11F3IN3OS. The van der Waals surface area contributed by atoms with Gasteiger partial charge >= 0.3 is 124 Å². The summed E-state index contributed by atoms with van der Waals surface area (Å²) in [5, 5.41) is 17.1. The Morgan fingerprint density at radius 2 is 2.15 bits per heavy atom. The fourth-order valence-corrected chi connectivity index (χ4v) is 8.24. The van der Waals surface area contributed by atoms with Crippen molar-refractivity contribution in [3.05, 3.63) is 26.4 Å². The maximum atomic E-state index is 12.9. The second-order valence-electron chi connectivity index (χ2n) is 4.26. The van der Waals surface area contributed by atoms with Gasteiger partial charge in [-0.1, -0.05) is 0 Å². The van der Waals surface area contributed by atoms with Crippen LogP contribution in [0.5, 0.6) is 0 Å². The predicted octanol–water partition coefficient (Wildman–Crippen LogP) is 2.92. The zero-order valence-corrected chi connectivity index (χ0v) is 13.2. The molecule has 0 amide bonds. The Hall–Kier alpha value is -0.680. The van der Waals surface area contributed by atoms with E-state index in [1.165, 1.54) is 16.9 Å². The molecule has 1 aliphatic heterocycles. The molecule has 3 rings (SSSR count). The molecule has 0 atom stereocenters. The van der Waals surface area contributed by atoms with Crippen molar-refractivity contribution in [2.24, 2.45) is 0 Å². The SMILES string of the molecule is OCc1cn(-c2sc(C(F)(F)F)cc2I2CCC2)nn1. The van der Waals surface area contributed by atoms with Crippen molar-refractivity contribution in [2.75, 3.05) is 8.86 Å². The van der Waals surface area contributed by atoms with Crippen molar-refractivity contribution in [3.8, 4) is 5.00 Å². The van der Waals surface area contributed by atoms with Crippen molar-refractivity contribution < 1.29 is 18.3 Å². The summed E-state index contributed by atoms with van der Waals surface area (Å²) >= 11 is -0.728. The Kier molecular flexibility index (Phi) is 3.75. The molecule has 2 aromatic rings. The van der Waals surface area contributed by atoms with Gasteiger partial charge in [-0.15, -0.1) is 0 Å². The number of thiophene rings is 1. The van der Waals surface area contributed by atoms with E-state index in [2.05, 4.69) is 10.3 Å². The fourth-order valence-electron chi connectivity index (χ4n) is 1.79. The zero-order chi connectivity index (χ0) is 14.3. The van der Waals surface area contributed by atoms with Gasteiger partial charge in [0.25, 0.3) is 0 Å². The first-order valence-corrected chi connectivity index (χ1v) is 10.8. The first-order valence-electron chi connectivity index (χ1n) is 5.84. The van der Waals surface area contributed by atoms with Crippen LogP contribution in [0.15, 0.2) is 12.3 Å². The van der Waals surface area contributed by atoms with Gasteiger partial charge in [-0.2, -0.15) is 0 Å². The van der Waals surface area contributed by atoms with Gasteiger partial charge in [-0.05, 0) is 0 Å². The van der Waals surface area contributed by atoms with Crippen molar-refractivity contribution in [1.82, 2.24) is 15.0 Å². The van der Waals surface area contributed by atoms with Crippen LogP contribution in [0.1, 0.15) is 17.0 Å². The molecule has 0 bridgehead atoms. The van der Waals surface area contributed by atoms with Crippen molar-refractivity contribution in [1.29, 1.82) is 0 Å². The first kappa shape index (κ1) is 14.3. The number of hydrogen-bond acceptors (Lipinski definition) is 4. The molecule has 0 unspecified atom stereocenters. The van der Waals surface area contributed by atoms with E-state index >= 15 is 0 Å². The third-order valence-corrected chi connectivity index (χ3v) is 11.0. The van der Waals surface area contributed by atoms with Gasteiger partial charge < -0.3 is 0 Å². The molecule has 4 nitrogen and oxygen atoms in total. The van der Waals surface area contributed by atoms with Crippen molar-refractivity contribution in [2.45, 2.75) is 19.2 Å². The molecule has 2 aromatic heterocycles. The zero-order valence-electron chi connectivity index (χ0n) is 10.2. The standard InChI is InChI=1S/C11H11F3IN3OS/c12-11(13,14)9-4-8(15-2-1-3-15)10(20-9)18-5-7(6-19)16-17-18/h4-5,19H,1-3,6H2. The van der Waals surface area contributed by atoms with Gasteiger partial charge in [-0.25, -0.2) is 0 Å². The Balaban J connectivity index is 2.05. The second-order valence-corrected chi connectivity index (χ2v) is 11.2. The van der Waals surface area contributed by atoms with Crippen LogP contribution in [0.4, 0.5) is 13.2 Å². The molecule has 1 N–H and O–H groups in total. The van der Waals surface area contributed by atoms with Crippen LogP contribution in [0, 0.1) is 3.57 Å². The van der Waals surface area contributed by atoms with E-state index in [4.69, 9.17) is 5.11 Å². The number of aliphatic hydroxyl groups is 1. The molecule has 0 aliphatic carbocycles. The van der Waals surface area contributed by atoms with Gasteiger partial charge in [0.15, 0.2) is 0 Å². The molecule has 0 saturated carbocycles. The number of halogens is 4. The summed E-state index contributed by atoms with van der Waals surface area (Å²) in [7, 11) is 0. The number of hydrogen-bond donors (Lipinski definition) is 1. The number of aliphatic hydroxyl groups excluding tert-OH is 1. The molecule has 0 spiro atoms. The Morgan fingerprint density at radius 3 is 2.65 bits per heavy atom. The summed E-state index contributed by atoms with van der Waals surface area (Å²) in [4.78, 5) is -0.576. The minimum atomic E-state index is -4.32. The number of alkyl halides is 5. The van der Waals surface area contributed by atoms with E-state index in [0.717, 1.165) is 18.8 Å². The normalized spacial score (nSPS) is 17.3. The molecule has 9 heteroatoms. The van der Waals surface area contributed by atoms with Crippen LogP contribution in [0.2, 0.25) is 0 Å². The van der Waals surface area contributed by atoms with E-state index in [9.17, 15) is 13.2 Å². The molecule has 1 saturated heterocycles. The number of rotatable bonds is 3. The van der Waals surface area contributed by atoms with Crippen LogP contribution in [-0.4, -0.2) is 29.0 Å². The average Bonchev–Trinajstić information content (AvgIpc) is 2.90. The molecule has 0 radical (unpaired) electrons. The van der Waals surface area contributed by atoms with Gasteiger partial charge in [-0.3, -0.25) is 0 Å². The van der Waals surface area contributed by atoms with Gasteiger partial charge in [0.2, 0.25) is 0 Å². The van der Waals surface area contributed by atoms with E-state index < -0.39 is 30.9 Å². The monoisotopic (exact) mass is 417 g/mol. The molecule has 110 valence electrons. The van der Waals surface area contributed by atoms with E-state index in [-0.39, 0.29) is 6.61 Å². The van der Waals surface area contributed by atoms with Crippen molar-refractivity contribution >= 4 is 31.2 Å². The van der Waals surface area contributed by atoms with Crippen LogP contribution in [-0.2, 0) is 12.8 Å². The number of aromatic nitrogens is 3. The van der Waals surface area contributed by atoms with E-state index in [1.54, 1.807) is 0 Å². The van der Waals surface area contributed by atoms with E-state index in [0.29, 0.717) is 22.0 Å². The molecule has 1 aliphatic rings. The third-order valence-electron chi connectivity index (χ3n) is 2.87. The fraction of sp³-hybridized carbons (Fsp3) is 0.455. The predicted molar refractivity (Wildman–Crippen MR) is 77.2 cm³/mol. The first-order chi connectivity index (χ1) is 9.49. The summed E-state index contributed by atoms with van der Waals surface area (Å²) in [5.74, 6) is 0. The van der Waals surface area contributed by atoms with Crippen LogP contribution >= 0.6 is 31.2 Å². The van der Waals surface area contributed by atoms with Crippen LogP contribution < -0.4 is 0 Å². The van der Waals surface area contributed by atoms with Gasteiger partial charge in [0, 0.05) is 0 Å². The Bertz CT molecular complexity index is 621. The molecule has 0 aromatic carbocycles. The molecule has 20 heavy (non-hydrogen) atoms. The topological polar surface area (TPSA) is 50.9 Å². The summed E-state index contributed by atoms with van der Waals surface area (Å²) in [6.45, 7) is -0.269. The van der Waals surface area contributed by atoms with Gasteiger partial charge in [0.05, 0.1) is 0 Å². The summed E-state index contributed by atoms with van der Waals surface area (Å²) in [6.07, 6.45) is -1.72. The van der Waals surface area contributed by atoms with Gasteiger partial charge in [0.1, 0.15) is 0 Å². The molecular weight excluding hydrogens is 406 g/mol.